The minimum absolute atomic E-state index is 0.0576. The van der Waals surface area contributed by atoms with Crippen LogP contribution in [0.25, 0.3) is 0 Å². The number of benzene rings is 1. The van der Waals surface area contributed by atoms with Crippen molar-refractivity contribution in [1.82, 2.24) is 5.32 Å². The van der Waals surface area contributed by atoms with Gasteiger partial charge in [-0.2, -0.15) is 0 Å². The number of hydrogen-bond acceptors (Lipinski definition) is 2. The number of aryl methyl sites for hydroxylation is 1. The fraction of sp³-hybridized carbons (Fsp3) is 0.500. The lowest BCUT2D eigenvalue weighted by molar-refractivity contribution is -0.122. The Balaban J connectivity index is 2.52. The van der Waals surface area contributed by atoms with E-state index in [9.17, 15) is 4.79 Å². The maximum Gasteiger partial charge on any atom is 0.237 e. The van der Waals surface area contributed by atoms with Gasteiger partial charge < -0.3 is 11.1 Å². The van der Waals surface area contributed by atoms with Crippen LogP contribution in [-0.4, -0.2) is 11.9 Å². The number of rotatable bonds is 6. The number of amides is 1. The first-order chi connectivity index (χ1) is 8.19. The number of carbonyl (C=O) groups excluding carboxylic acids is 1. The Morgan fingerprint density at radius 1 is 1.29 bits per heavy atom. The van der Waals surface area contributed by atoms with Crippen molar-refractivity contribution < 1.29 is 4.79 Å². The van der Waals surface area contributed by atoms with E-state index in [0.717, 1.165) is 19.3 Å². The molecule has 1 amide bonds. The van der Waals surface area contributed by atoms with Crippen molar-refractivity contribution in [2.75, 3.05) is 0 Å². The maximum absolute atomic E-state index is 11.7. The molecule has 0 aliphatic heterocycles. The van der Waals surface area contributed by atoms with Crippen molar-refractivity contribution in [1.29, 1.82) is 0 Å². The van der Waals surface area contributed by atoms with Crippen molar-refractivity contribution in [3.8, 4) is 0 Å². The van der Waals surface area contributed by atoms with Gasteiger partial charge in [-0.25, -0.2) is 0 Å². The molecule has 0 saturated carbocycles. The molecule has 0 aromatic heterocycles. The molecule has 3 heteroatoms. The number of nitrogens with one attached hydrogen (secondary N) is 1. The summed E-state index contributed by atoms with van der Waals surface area (Å²) >= 11 is 0. The molecule has 17 heavy (non-hydrogen) atoms. The van der Waals surface area contributed by atoms with Gasteiger partial charge in [-0.3, -0.25) is 4.79 Å². The molecule has 0 radical (unpaired) electrons. The van der Waals surface area contributed by atoms with E-state index in [-0.39, 0.29) is 11.9 Å². The second kappa shape index (κ2) is 7.07. The Labute approximate surface area is 103 Å². The van der Waals surface area contributed by atoms with Crippen molar-refractivity contribution in [2.24, 2.45) is 5.73 Å². The van der Waals surface area contributed by atoms with Gasteiger partial charge >= 0.3 is 0 Å². The molecule has 3 nitrogen and oxygen atoms in total. The Kier molecular flexibility index (Phi) is 5.70. The summed E-state index contributed by atoms with van der Waals surface area (Å²) in [7, 11) is 0. The number of carbonyl (C=O) groups is 1. The molecule has 0 bridgehead atoms. The van der Waals surface area contributed by atoms with Gasteiger partial charge in [-0.1, -0.05) is 44.5 Å². The molecule has 1 aromatic carbocycles. The molecule has 0 saturated heterocycles. The summed E-state index contributed by atoms with van der Waals surface area (Å²) in [6.45, 7) is 4.71. The highest BCUT2D eigenvalue weighted by Crippen LogP contribution is 2.09. The molecular formula is C14H22N2O. The van der Waals surface area contributed by atoms with E-state index in [0.29, 0.717) is 6.54 Å². The largest absolute Gasteiger partial charge is 0.351 e. The lowest BCUT2D eigenvalue weighted by Gasteiger charge is -2.13. The monoisotopic (exact) mass is 234 g/mol. The molecule has 1 aromatic rings. The van der Waals surface area contributed by atoms with Gasteiger partial charge in [0, 0.05) is 6.54 Å². The molecule has 94 valence electrons. The van der Waals surface area contributed by atoms with Crippen LogP contribution in [0.4, 0.5) is 0 Å². The quantitative estimate of drug-likeness (QED) is 0.791. The summed E-state index contributed by atoms with van der Waals surface area (Å²) in [5, 5.41) is 2.89. The molecule has 0 spiro atoms. The summed E-state index contributed by atoms with van der Waals surface area (Å²) in [4.78, 5) is 11.7. The van der Waals surface area contributed by atoms with E-state index in [1.165, 1.54) is 11.1 Å². The average Bonchev–Trinajstić information content (AvgIpc) is 2.36. The molecule has 0 aliphatic rings. The highest BCUT2D eigenvalue weighted by atomic mass is 16.2. The third-order valence-corrected chi connectivity index (χ3v) is 2.89. The molecular weight excluding hydrogens is 212 g/mol. The van der Waals surface area contributed by atoms with Crippen LogP contribution in [0.5, 0.6) is 0 Å². The average molecular weight is 234 g/mol. The molecule has 1 atom stereocenters. The first-order valence-electron chi connectivity index (χ1n) is 6.29. The molecule has 0 unspecified atom stereocenters. The van der Waals surface area contributed by atoms with E-state index in [1.807, 2.05) is 25.1 Å². The summed E-state index contributed by atoms with van der Waals surface area (Å²) in [5.74, 6) is -0.0576. The van der Waals surface area contributed by atoms with Gasteiger partial charge in [-0.05, 0) is 24.0 Å². The second-order valence-electron chi connectivity index (χ2n) is 4.24. The van der Waals surface area contributed by atoms with E-state index in [1.54, 1.807) is 0 Å². The lowest BCUT2D eigenvalue weighted by Crippen LogP contribution is -2.40. The molecule has 0 heterocycles. The van der Waals surface area contributed by atoms with Crippen LogP contribution < -0.4 is 11.1 Å². The topological polar surface area (TPSA) is 55.1 Å². The Morgan fingerprint density at radius 3 is 2.53 bits per heavy atom. The Morgan fingerprint density at radius 2 is 1.94 bits per heavy atom. The number of nitrogens with two attached hydrogens (primary N) is 1. The molecule has 3 N–H and O–H groups in total. The third-order valence-electron chi connectivity index (χ3n) is 2.89. The van der Waals surface area contributed by atoms with Gasteiger partial charge in [-0.15, -0.1) is 0 Å². The highest BCUT2D eigenvalue weighted by molar-refractivity contribution is 5.81. The Hall–Kier alpha value is -1.35. The first-order valence-corrected chi connectivity index (χ1v) is 6.29. The van der Waals surface area contributed by atoms with Gasteiger partial charge in [0.1, 0.15) is 0 Å². The van der Waals surface area contributed by atoms with Crippen LogP contribution in [0, 0.1) is 0 Å². The van der Waals surface area contributed by atoms with Crippen molar-refractivity contribution in [3.63, 3.8) is 0 Å². The smallest absolute Gasteiger partial charge is 0.237 e. The summed E-state index contributed by atoms with van der Waals surface area (Å²) in [6.07, 6.45) is 2.65. The highest BCUT2D eigenvalue weighted by Gasteiger charge is 2.11. The molecule has 0 aliphatic carbocycles. The van der Waals surface area contributed by atoms with Gasteiger partial charge in [0.2, 0.25) is 5.91 Å². The van der Waals surface area contributed by atoms with Crippen LogP contribution in [0.15, 0.2) is 24.3 Å². The summed E-state index contributed by atoms with van der Waals surface area (Å²) < 4.78 is 0. The third kappa shape index (κ3) is 4.19. The standard InChI is InChI=1S/C14H22N2O/c1-3-7-13(15)14(17)16-10-12-9-6-5-8-11(12)4-2/h5-6,8-9,13H,3-4,7,10,15H2,1-2H3,(H,16,17)/t13-/m0/s1. The second-order valence-corrected chi connectivity index (χ2v) is 4.24. The SMILES string of the molecule is CCC[C@H](N)C(=O)NCc1ccccc1CC. The van der Waals surface area contributed by atoms with Crippen molar-refractivity contribution >= 4 is 5.91 Å². The lowest BCUT2D eigenvalue weighted by atomic mass is 10.1. The van der Waals surface area contributed by atoms with Crippen LogP contribution in [-0.2, 0) is 17.8 Å². The van der Waals surface area contributed by atoms with Crippen LogP contribution in [0.2, 0.25) is 0 Å². The zero-order chi connectivity index (χ0) is 12.7. The van der Waals surface area contributed by atoms with Crippen LogP contribution >= 0.6 is 0 Å². The van der Waals surface area contributed by atoms with E-state index >= 15 is 0 Å². The van der Waals surface area contributed by atoms with E-state index in [4.69, 9.17) is 5.73 Å². The fourth-order valence-electron chi connectivity index (χ4n) is 1.83. The summed E-state index contributed by atoms with van der Waals surface area (Å²) in [5.41, 5.74) is 8.20. The fourth-order valence-corrected chi connectivity index (χ4v) is 1.83. The Bertz CT molecular complexity index is 363. The predicted molar refractivity (Wildman–Crippen MR) is 70.6 cm³/mol. The van der Waals surface area contributed by atoms with Crippen LogP contribution in [0.1, 0.15) is 37.8 Å². The van der Waals surface area contributed by atoms with Crippen molar-refractivity contribution in [2.45, 2.75) is 45.7 Å². The van der Waals surface area contributed by atoms with Gasteiger partial charge in [0.05, 0.1) is 6.04 Å². The molecule has 0 fully saturated rings. The zero-order valence-corrected chi connectivity index (χ0v) is 10.7. The minimum Gasteiger partial charge on any atom is -0.351 e. The maximum atomic E-state index is 11.7. The van der Waals surface area contributed by atoms with Crippen LogP contribution in [0.3, 0.4) is 0 Å². The summed E-state index contributed by atoms with van der Waals surface area (Å²) in [6, 6.07) is 7.77. The number of hydrogen-bond donors (Lipinski definition) is 2. The predicted octanol–water partition coefficient (Wildman–Crippen LogP) is 1.99. The van der Waals surface area contributed by atoms with E-state index < -0.39 is 0 Å². The normalized spacial score (nSPS) is 12.2. The zero-order valence-electron chi connectivity index (χ0n) is 10.7. The van der Waals surface area contributed by atoms with E-state index in [2.05, 4.69) is 18.3 Å². The van der Waals surface area contributed by atoms with Crippen molar-refractivity contribution in [3.05, 3.63) is 35.4 Å². The molecule has 1 rings (SSSR count). The minimum atomic E-state index is -0.381. The van der Waals surface area contributed by atoms with Gasteiger partial charge in [0.25, 0.3) is 0 Å². The first kappa shape index (κ1) is 13.7. The van der Waals surface area contributed by atoms with Gasteiger partial charge in [0.15, 0.2) is 0 Å².